The average Bonchev–Trinajstić information content (AvgIpc) is 2.88. The molecule has 2 heterocycles. The van der Waals surface area contributed by atoms with Crippen LogP contribution in [0.1, 0.15) is 15.9 Å². The lowest BCUT2D eigenvalue weighted by Gasteiger charge is -2.37. The van der Waals surface area contributed by atoms with Gasteiger partial charge in [-0.1, -0.05) is 59.2 Å². The number of rotatable bonds is 9. The first-order valence-corrected chi connectivity index (χ1v) is 13.1. The first kappa shape index (κ1) is 25.6. The molecule has 1 N–H and O–H groups in total. The molecule has 1 fully saturated rings. The topological polar surface area (TPSA) is 70.6 Å². The Morgan fingerprint density at radius 1 is 1.03 bits per heavy atom. The molecule has 1 aliphatic rings. The maximum Gasteiger partial charge on any atom is 0.251 e. The summed E-state index contributed by atoms with van der Waals surface area (Å²) in [5, 5.41) is 4.63. The van der Waals surface area contributed by atoms with E-state index in [1.165, 1.54) is 11.8 Å². The zero-order chi connectivity index (χ0) is 24.6. The van der Waals surface area contributed by atoms with Gasteiger partial charge in [-0.15, -0.1) is 0 Å². The Morgan fingerprint density at radius 2 is 1.80 bits per heavy atom. The van der Waals surface area contributed by atoms with Crippen molar-refractivity contribution < 1.29 is 9.53 Å². The van der Waals surface area contributed by atoms with Crippen molar-refractivity contribution in [1.82, 2.24) is 15.3 Å². The Hall–Kier alpha value is -2.52. The Balaban J connectivity index is 1.37. The summed E-state index contributed by atoms with van der Waals surface area (Å²) in [6.45, 7) is 4.25. The molecule has 0 atom stereocenters. The highest BCUT2D eigenvalue weighted by Crippen LogP contribution is 2.29. The van der Waals surface area contributed by atoms with Crippen molar-refractivity contribution in [3.8, 4) is 0 Å². The number of thioether (sulfide) groups is 1. The van der Waals surface area contributed by atoms with Gasteiger partial charge in [-0.25, -0.2) is 9.97 Å². The number of nitrogens with one attached hydrogen (secondary N) is 1. The molecule has 1 saturated heterocycles. The number of methoxy groups -OCH3 is 1. The van der Waals surface area contributed by atoms with Crippen molar-refractivity contribution in [1.29, 1.82) is 0 Å². The Kier molecular flexibility index (Phi) is 9.09. The molecule has 0 radical (unpaired) electrons. The molecule has 2 aromatic carbocycles. The number of benzene rings is 2. The number of halogens is 2. The largest absolute Gasteiger partial charge is 0.383 e. The third-order valence-corrected chi connectivity index (χ3v) is 7.04. The fraction of sp³-hybridized carbons (Fsp3) is 0.320. The minimum absolute atomic E-state index is 0.119. The van der Waals surface area contributed by atoms with Gasteiger partial charge < -0.3 is 19.9 Å². The molecule has 1 aromatic heterocycles. The number of hydrogen-bond acceptors (Lipinski definition) is 7. The summed E-state index contributed by atoms with van der Waals surface area (Å²) >= 11 is 14.2. The van der Waals surface area contributed by atoms with Gasteiger partial charge in [0, 0.05) is 57.2 Å². The predicted octanol–water partition coefficient (Wildman–Crippen LogP) is 4.78. The smallest absolute Gasteiger partial charge is 0.251 e. The summed E-state index contributed by atoms with van der Waals surface area (Å²) in [6.07, 6.45) is 0. The van der Waals surface area contributed by atoms with E-state index in [2.05, 4.69) is 20.1 Å². The van der Waals surface area contributed by atoms with Crippen LogP contribution in [0.5, 0.6) is 0 Å². The van der Waals surface area contributed by atoms with Gasteiger partial charge >= 0.3 is 0 Å². The standard InChI is InChI=1S/C25H27Cl2N5O2S/c1-34-14-9-28-24(33)19-6-4-5-18(15-19)17-35-25-29-22(27)16-23(30-25)32-12-10-31(11-13-32)21-8-3-2-7-20(21)26/h2-8,15-16H,9-14,17H2,1H3,(H,28,33). The van der Waals surface area contributed by atoms with Gasteiger partial charge in [0.05, 0.1) is 17.3 Å². The van der Waals surface area contributed by atoms with Crippen molar-refractivity contribution >= 4 is 52.4 Å². The lowest BCUT2D eigenvalue weighted by atomic mass is 10.1. The first-order valence-electron chi connectivity index (χ1n) is 11.3. The normalized spacial score (nSPS) is 13.7. The summed E-state index contributed by atoms with van der Waals surface area (Å²) < 4.78 is 4.98. The molecule has 0 saturated carbocycles. The molecule has 0 spiro atoms. The van der Waals surface area contributed by atoms with Gasteiger partial charge in [0.25, 0.3) is 5.91 Å². The van der Waals surface area contributed by atoms with E-state index in [1.807, 2.05) is 48.5 Å². The van der Waals surface area contributed by atoms with Crippen LogP contribution in [0.25, 0.3) is 0 Å². The lowest BCUT2D eigenvalue weighted by Crippen LogP contribution is -2.47. The van der Waals surface area contributed by atoms with E-state index in [4.69, 9.17) is 32.9 Å². The highest BCUT2D eigenvalue weighted by molar-refractivity contribution is 7.98. The summed E-state index contributed by atoms with van der Waals surface area (Å²) in [5.74, 6) is 1.32. The fourth-order valence-corrected chi connectivity index (χ4v) is 5.09. The fourth-order valence-electron chi connectivity index (χ4n) is 3.82. The van der Waals surface area contributed by atoms with E-state index in [0.717, 1.165) is 48.3 Å². The first-order chi connectivity index (χ1) is 17.0. The van der Waals surface area contributed by atoms with Crippen molar-refractivity contribution in [2.45, 2.75) is 10.9 Å². The van der Waals surface area contributed by atoms with Crippen LogP contribution in [0.3, 0.4) is 0 Å². The molecule has 0 unspecified atom stereocenters. The molecule has 7 nitrogen and oxygen atoms in total. The van der Waals surface area contributed by atoms with Gasteiger partial charge in [0.2, 0.25) is 0 Å². The molecule has 184 valence electrons. The van der Waals surface area contributed by atoms with Crippen LogP contribution in [0.4, 0.5) is 11.5 Å². The number of nitrogens with zero attached hydrogens (tertiary/aromatic N) is 4. The maximum absolute atomic E-state index is 12.3. The van der Waals surface area contributed by atoms with E-state index in [-0.39, 0.29) is 5.91 Å². The van der Waals surface area contributed by atoms with Gasteiger partial charge in [-0.05, 0) is 29.8 Å². The molecule has 1 aliphatic heterocycles. The van der Waals surface area contributed by atoms with E-state index in [1.54, 1.807) is 13.2 Å². The third-order valence-electron chi connectivity index (χ3n) is 5.61. The number of piperazine rings is 1. The van der Waals surface area contributed by atoms with Crippen molar-refractivity contribution in [2.24, 2.45) is 0 Å². The number of amides is 1. The second-order valence-corrected chi connectivity index (χ2v) is 9.73. The van der Waals surface area contributed by atoms with E-state index < -0.39 is 0 Å². The summed E-state index contributed by atoms with van der Waals surface area (Å²) in [7, 11) is 1.61. The van der Waals surface area contributed by atoms with E-state index >= 15 is 0 Å². The van der Waals surface area contributed by atoms with E-state index in [9.17, 15) is 4.79 Å². The van der Waals surface area contributed by atoms with Gasteiger partial charge in [-0.3, -0.25) is 4.79 Å². The van der Waals surface area contributed by atoms with Crippen LogP contribution in [0.2, 0.25) is 10.2 Å². The minimum atomic E-state index is -0.119. The number of ether oxygens (including phenoxy) is 1. The van der Waals surface area contributed by atoms with Crippen molar-refractivity contribution in [2.75, 3.05) is 56.2 Å². The van der Waals surface area contributed by atoms with Crippen LogP contribution in [-0.4, -0.2) is 62.3 Å². The van der Waals surface area contributed by atoms with Crippen molar-refractivity contribution in [3.05, 3.63) is 75.9 Å². The SMILES string of the molecule is COCCNC(=O)c1cccc(CSc2nc(Cl)cc(N3CCN(c4ccccc4Cl)CC3)n2)c1. The summed E-state index contributed by atoms with van der Waals surface area (Å²) in [5.41, 5.74) is 2.68. The molecule has 4 rings (SSSR count). The summed E-state index contributed by atoms with van der Waals surface area (Å²) in [4.78, 5) is 26.0. The molecule has 3 aromatic rings. The van der Waals surface area contributed by atoms with Crippen molar-refractivity contribution in [3.63, 3.8) is 0 Å². The minimum Gasteiger partial charge on any atom is -0.383 e. The molecule has 35 heavy (non-hydrogen) atoms. The Morgan fingerprint density at radius 3 is 2.57 bits per heavy atom. The van der Waals surface area contributed by atoms with E-state index in [0.29, 0.717) is 34.8 Å². The lowest BCUT2D eigenvalue weighted by molar-refractivity contribution is 0.0937. The zero-order valence-electron chi connectivity index (χ0n) is 19.4. The number of aromatic nitrogens is 2. The molecule has 0 aliphatic carbocycles. The molecule has 10 heteroatoms. The zero-order valence-corrected chi connectivity index (χ0v) is 21.7. The molecule has 0 bridgehead atoms. The number of carbonyl (C=O) groups is 1. The number of para-hydroxylation sites is 1. The average molecular weight is 532 g/mol. The Bertz CT molecular complexity index is 1160. The molecular formula is C25H27Cl2N5O2S. The highest BCUT2D eigenvalue weighted by atomic mass is 35.5. The van der Waals surface area contributed by atoms with Crippen LogP contribution in [0.15, 0.2) is 59.8 Å². The van der Waals surface area contributed by atoms with Crippen LogP contribution >= 0.6 is 35.0 Å². The van der Waals surface area contributed by atoms with Gasteiger partial charge in [0.1, 0.15) is 11.0 Å². The summed E-state index contributed by atoms with van der Waals surface area (Å²) in [6, 6.07) is 17.3. The number of carbonyl (C=O) groups excluding carboxylic acids is 1. The third kappa shape index (κ3) is 7.01. The number of anilines is 2. The quantitative estimate of drug-likeness (QED) is 0.184. The maximum atomic E-state index is 12.3. The number of hydrogen-bond donors (Lipinski definition) is 1. The van der Waals surface area contributed by atoms with Crippen LogP contribution in [-0.2, 0) is 10.5 Å². The van der Waals surface area contributed by atoms with Crippen LogP contribution in [0, 0.1) is 0 Å². The Labute approximate surface area is 219 Å². The second-order valence-electron chi connectivity index (χ2n) is 7.99. The monoisotopic (exact) mass is 531 g/mol. The predicted molar refractivity (Wildman–Crippen MR) is 143 cm³/mol. The molecule has 1 amide bonds. The van der Waals surface area contributed by atoms with Gasteiger partial charge in [0.15, 0.2) is 5.16 Å². The second kappa shape index (κ2) is 12.4. The molecular weight excluding hydrogens is 505 g/mol. The van der Waals surface area contributed by atoms with Gasteiger partial charge in [-0.2, -0.15) is 0 Å². The highest BCUT2D eigenvalue weighted by Gasteiger charge is 2.21. The van der Waals surface area contributed by atoms with Crippen LogP contribution < -0.4 is 15.1 Å².